The molecule has 14 heavy (non-hydrogen) atoms. The highest BCUT2D eigenvalue weighted by molar-refractivity contribution is 9.10. The second-order valence-corrected chi connectivity index (χ2v) is 4.57. The van der Waals surface area contributed by atoms with E-state index in [4.69, 9.17) is 11.6 Å². The highest BCUT2D eigenvalue weighted by Gasteiger charge is 2.19. The molecule has 0 saturated heterocycles. The Balaban J connectivity index is 3.23. The van der Waals surface area contributed by atoms with Crippen molar-refractivity contribution in [2.45, 2.75) is 17.6 Å². The number of aromatic hydroxyl groups is 1. The first kappa shape index (κ1) is 11.5. The van der Waals surface area contributed by atoms with Gasteiger partial charge in [0.25, 0.3) is 0 Å². The number of phenols is 1. The summed E-state index contributed by atoms with van der Waals surface area (Å²) in [7, 11) is 0. The average molecular weight is 278 g/mol. The van der Waals surface area contributed by atoms with E-state index in [-0.39, 0.29) is 22.2 Å². The molecule has 1 N–H and O–H groups in total. The molecule has 0 radical (unpaired) electrons. The van der Waals surface area contributed by atoms with Crippen molar-refractivity contribution in [3.8, 4) is 5.75 Å². The summed E-state index contributed by atoms with van der Waals surface area (Å²) in [6.45, 7) is 1.72. The zero-order valence-corrected chi connectivity index (χ0v) is 9.97. The van der Waals surface area contributed by atoms with Crippen LogP contribution in [0.1, 0.15) is 22.8 Å². The Morgan fingerprint density at radius 3 is 2.79 bits per heavy atom. The van der Waals surface area contributed by atoms with E-state index in [9.17, 15) is 9.90 Å². The Labute approximate surface area is 96.0 Å². The Kier molecular flexibility index (Phi) is 3.96. The van der Waals surface area contributed by atoms with Crippen molar-refractivity contribution in [3.63, 3.8) is 0 Å². The van der Waals surface area contributed by atoms with Crippen molar-refractivity contribution in [1.82, 2.24) is 0 Å². The standard InChI is InChI=1S/C10H10BrClO2/c1-6(11)10(14)9-7(5-12)3-2-4-8(9)13/h2-4,6,13H,5H2,1H3. The lowest BCUT2D eigenvalue weighted by Crippen LogP contribution is -2.12. The zero-order chi connectivity index (χ0) is 10.7. The van der Waals surface area contributed by atoms with Gasteiger partial charge in [-0.25, -0.2) is 0 Å². The molecule has 1 atom stereocenters. The molecule has 0 heterocycles. The number of rotatable bonds is 3. The molecule has 0 aliphatic rings. The van der Waals surface area contributed by atoms with Crippen LogP contribution < -0.4 is 0 Å². The summed E-state index contributed by atoms with van der Waals surface area (Å²) in [4.78, 5) is 11.4. The maximum Gasteiger partial charge on any atom is 0.180 e. The van der Waals surface area contributed by atoms with Crippen LogP contribution in [-0.4, -0.2) is 15.7 Å². The first-order valence-electron chi connectivity index (χ1n) is 4.13. The number of hydrogen-bond acceptors (Lipinski definition) is 2. The highest BCUT2D eigenvalue weighted by atomic mass is 79.9. The number of phenolic OH excluding ortho intramolecular Hbond substituents is 1. The van der Waals surface area contributed by atoms with Gasteiger partial charge in [-0.05, 0) is 18.6 Å². The molecular formula is C10H10BrClO2. The van der Waals surface area contributed by atoms with Gasteiger partial charge >= 0.3 is 0 Å². The van der Waals surface area contributed by atoms with Crippen LogP contribution in [0.25, 0.3) is 0 Å². The molecule has 1 aromatic carbocycles. The lowest BCUT2D eigenvalue weighted by atomic mass is 10.0. The first-order valence-corrected chi connectivity index (χ1v) is 5.58. The van der Waals surface area contributed by atoms with E-state index in [1.54, 1.807) is 19.1 Å². The minimum atomic E-state index is -0.322. The van der Waals surface area contributed by atoms with Crippen LogP contribution in [0, 0.1) is 0 Å². The third-order valence-electron chi connectivity index (χ3n) is 1.88. The predicted molar refractivity (Wildman–Crippen MR) is 60.4 cm³/mol. The Morgan fingerprint density at radius 1 is 1.64 bits per heavy atom. The van der Waals surface area contributed by atoms with Gasteiger partial charge in [0.05, 0.1) is 10.4 Å². The third kappa shape index (κ3) is 2.28. The summed E-state index contributed by atoms with van der Waals surface area (Å²) in [5.74, 6) is 0.0491. The van der Waals surface area contributed by atoms with E-state index in [0.29, 0.717) is 11.1 Å². The van der Waals surface area contributed by atoms with Gasteiger partial charge < -0.3 is 5.11 Å². The molecule has 0 aliphatic carbocycles. The van der Waals surface area contributed by atoms with Gasteiger partial charge in [-0.15, -0.1) is 11.6 Å². The summed E-state index contributed by atoms with van der Waals surface area (Å²) < 4.78 is 0. The number of halogens is 2. The van der Waals surface area contributed by atoms with Gasteiger partial charge in [0.1, 0.15) is 5.75 Å². The van der Waals surface area contributed by atoms with Gasteiger partial charge in [0, 0.05) is 5.88 Å². The van der Waals surface area contributed by atoms with E-state index < -0.39 is 0 Å². The molecular weight excluding hydrogens is 267 g/mol. The summed E-state index contributed by atoms with van der Waals surface area (Å²) in [5, 5.41) is 9.54. The number of Topliss-reactive ketones (excluding diaryl/α,β-unsaturated/α-hetero) is 1. The SMILES string of the molecule is CC(Br)C(=O)c1c(O)cccc1CCl. The molecule has 1 unspecified atom stereocenters. The Bertz CT molecular complexity index is 350. The number of ketones is 1. The van der Waals surface area contributed by atoms with Gasteiger partial charge in [-0.2, -0.15) is 0 Å². The lowest BCUT2D eigenvalue weighted by Gasteiger charge is -2.09. The maximum absolute atomic E-state index is 11.7. The molecule has 0 fully saturated rings. The zero-order valence-electron chi connectivity index (χ0n) is 7.63. The fourth-order valence-electron chi connectivity index (χ4n) is 1.18. The molecule has 0 aliphatic heterocycles. The highest BCUT2D eigenvalue weighted by Crippen LogP contribution is 2.25. The molecule has 1 aromatic rings. The summed E-state index contributed by atoms with van der Waals surface area (Å²) in [5.41, 5.74) is 0.967. The quantitative estimate of drug-likeness (QED) is 0.681. The van der Waals surface area contributed by atoms with Crippen molar-refractivity contribution >= 4 is 33.3 Å². The van der Waals surface area contributed by atoms with E-state index in [1.165, 1.54) is 6.07 Å². The average Bonchev–Trinajstić information content (AvgIpc) is 2.16. The summed E-state index contributed by atoms with van der Waals surface area (Å²) in [6, 6.07) is 4.89. The van der Waals surface area contributed by atoms with Crippen LogP contribution >= 0.6 is 27.5 Å². The topological polar surface area (TPSA) is 37.3 Å². The van der Waals surface area contributed by atoms with Crippen molar-refractivity contribution in [2.24, 2.45) is 0 Å². The lowest BCUT2D eigenvalue weighted by molar-refractivity contribution is 0.0992. The number of benzene rings is 1. The smallest absolute Gasteiger partial charge is 0.180 e. The van der Waals surface area contributed by atoms with Crippen molar-refractivity contribution in [1.29, 1.82) is 0 Å². The molecule has 1 rings (SSSR count). The molecule has 0 spiro atoms. The monoisotopic (exact) mass is 276 g/mol. The fourth-order valence-corrected chi connectivity index (χ4v) is 1.63. The number of carbonyl (C=O) groups is 1. The van der Waals surface area contributed by atoms with Crippen molar-refractivity contribution < 1.29 is 9.90 Å². The molecule has 4 heteroatoms. The van der Waals surface area contributed by atoms with Gasteiger partial charge in [-0.3, -0.25) is 4.79 Å². The molecule has 76 valence electrons. The minimum absolute atomic E-state index is 0.0144. The van der Waals surface area contributed by atoms with Gasteiger partial charge in [0.15, 0.2) is 5.78 Å². The van der Waals surface area contributed by atoms with E-state index >= 15 is 0 Å². The van der Waals surface area contributed by atoms with Crippen LogP contribution in [0.2, 0.25) is 0 Å². The molecule has 0 aromatic heterocycles. The second kappa shape index (κ2) is 4.80. The number of hydrogen-bond donors (Lipinski definition) is 1. The summed E-state index contributed by atoms with van der Waals surface area (Å²) in [6.07, 6.45) is 0. The predicted octanol–water partition coefficient (Wildman–Crippen LogP) is 3.10. The molecule has 0 amide bonds. The first-order chi connectivity index (χ1) is 6.57. The van der Waals surface area contributed by atoms with Gasteiger partial charge in [0.2, 0.25) is 0 Å². The van der Waals surface area contributed by atoms with Crippen LogP contribution in [0.3, 0.4) is 0 Å². The van der Waals surface area contributed by atoms with Crippen LogP contribution in [0.4, 0.5) is 0 Å². The summed E-state index contributed by atoms with van der Waals surface area (Å²) >= 11 is 8.84. The Hall–Kier alpha value is -0.540. The van der Waals surface area contributed by atoms with Gasteiger partial charge in [-0.1, -0.05) is 28.1 Å². The molecule has 2 nitrogen and oxygen atoms in total. The fraction of sp³-hybridized carbons (Fsp3) is 0.300. The van der Waals surface area contributed by atoms with Crippen molar-refractivity contribution in [3.05, 3.63) is 29.3 Å². The minimum Gasteiger partial charge on any atom is -0.507 e. The van der Waals surface area contributed by atoms with Crippen LogP contribution in [0.15, 0.2) is 18.2 Å². The normalized spacial score (nSPS) is 12.5. The largest absolute Gasteiger partial charge is 0.507 e. The van der Waals surface area contributed by atoms with Crippen LogP contribution in [-0.2, 0) is 5.88 Å². The third-order valence-corrected chi connectivity index (χ3v) is 2.58. The van der Waals surface area contributed by atoms with E-state index in [0.717, 1.165) is 0 Å². The van der Waals surface area contributed by atoms with Crippen molar-refractivity contribution in [2.75, 3.05) is 0 Å². The second-order valence-electron chi connectivity index (χ2n) is 2.93. The van der Waals surface area contributed by atoms with Crippen LogP contribution in [0.5, 0.6) is 5.75 Å². The number of carbonyl (C=O) groups excluding carboxylic acids is 1. The maximum atomic E-state index is 11.7. The Morgan fingerprint density at radius 2 is 2.29 bits per heavy atom. The number of alkyl halides is 2. The van der Waals surface area contributed by atoms with E-state index in [1.807, 2.05) is 0 Å². The van der Waals surface area contributed by atoms with E-state index in [2.05, 4.69) is 15.9 Å². The molecule has 0 bridgehead atoms. The molecule has 0 saturated carbocycles.